The van der Waals surface area contributed by atoms with Gasteiger partial charge in [0, 0.05) is 13.7 Å². The van der Waals surface area contributed by atoms with Crippen molar-refractivity contribution in [1.82, 2.24) is 10.7 Å². The Morgan fingerprint density at radius 2 is 1.83 bits per heavy atom. The molecule has 0 heterocycles. The highest BCUT2D eigenvalue weighted by atomic mass is 35.5. The number of hydrazone groups is 1. The smallest absolute Gasteiger partial charge is 0.329 e. The van der Waals surface area contributed by atoms with Crippen molar-refractivity contribution in [2.75, 3.05) is 27.4 Å². The molecule has 2 N–H and O–H groups in total. The molecule has 2 aromatic rings. The second-order valence-electron chi connectivity index (χ2n) is 5.90. The van der Waals surface area contributed by atoms with Gasteiger partial charge >= 0.3 is 11.8 Å². The summed E-state index contributed by atoms with van der Waals surface area (Å²) in [5.74, 6) is -0.686. The van der Waals surface area contributed by atoms with Crippen molar-refractivity contribution in [3.05, 3.63) is 57.6 Å². The first-order valence-electron chi connectivity index (χ1n) is 8.79. The summed E-state index contributed by atoms with van der Waals surface area (Å²) in [6.45, 7) is 0.809. The highest BCUT2D eigenvalue weighted by molar-refractivity contribution is 6.42. The predicted molar refractivity (Wildman–Crippen MR) is 114 cm³/mol. The van der Waals surface area contributed by atoms with E-state index in [1.807, 2.05) is 6.07 Å². The molecule has 8 nitrogen and oxygen atoms in total. The molecule has 0 atom stereocenters. The fourth-order valence-electron chi connectivity index (χ4n) is 2.24. The molecule has 2 aromatic carbocycles. The van der Waals surface area contributed by atoms with Crippen LogP contribution in [0.5, 0.6) is 11.5 Å². The number of carbonyl (C=O) groups is 2. The van der Waals surface area contributed by atoms with Crippen LogP contribution in [0.2, 0.25) is 10.0 Å². The van der Waals surface area contributed by atoms with Crippen molar-refractivity contribution in [3.63, 3.8) is 0 Å². The van der Waals surface area contributed by atoms with Gasteiger partial charge in [0.05, 0.1) is 30.0 Å². The first kappa shape index (κ1) is 23.5. The minimum atomic E-state index is -0.879. The SMILES string of the molecule is COCCNC(=O)C(=O)N/N=C\c1ccc(OCc2ccc(Cl)c(Cl)c2)c(OC)c1. The fourth-order valence-corrected chi connectivity index (χ4v) is 2.56. The molecule has 160 valence electrons. The molecule has 2 rings (SSSR count). The lowest BCUT2D eigenvalue weighted by molar-refractivity contribution is -0.139. The van der Waals surface area contributed by atoms with E-state index in [0.29, 0.717) is 33.7 Å². The summed E-state index contributed by atoms with van der Waals surface area (Å²) in [4.78, 5) is 23.2. The van der Waals surface area contributed by atoms with E-state index >= 15 is 0 Å². The zero-order valence-corrected chi connectivity index (χ0v) is 17.9. The van der Waals surface area contributed by atoms with Gasteiger partial charge in [0.1, 0.15) is 6.61 Å². The van der Waals surface area contributed by atoms with Crippen LogP contribution in [0.3, 0.4) is 0 Å². The van der Waals surface area contributed by atoms with Crippen LogP contribution in [0.25, 0.3) is 0 Å². The van der Waals surface area contributed by atoms with Gasteiger partial charge in [0.25, 0.3) is 0 Å². The van der Waals surface area contributed by atoms with Gasteiger partial charge in [0.15, 0.2) is 11.5 Å². The van der Waals surface area contributed by atoms with Crippen molar-refractivity contribution >= 4 is 41.2 Å². The topological polar surface area (TPSA) is 98.2 Å². The van der Waals surface area contributed by atoms with Crippen LogP contribution < -0.4 is 20.2 Å². The largest absolute Gasteiger partial charge is 0.493 e. The third-order valence-electron chi connectivity index (χ3n) is 3.74. The van der Waals surface area contributed by atoms with E-state index in [4.69, 9.17) is 37.4 Å². The predicted octanol–water partition coefficient (Wildman–Crippen LogP) is 2.79. The highest BCUT2D eigenvalue weighted by Crippen LogP contribution is 2.29. The zero-order chi connectivity index (χ0) is 21.9. The number of hydrogen-bond acceptors (Lipinski definition) is 6. The van der Waals surface area contributed by atoms with E-state index in [1.165, 1.54) is 20.4 Å². The van der Waals surface area contributed by atoms with E-state index in [-0.39, 0.29) is 13.2 Å². The number of nitrogens with zero attached hydrogens (tertiary/aromatic N) is 1. The number of nitrogens with one attached hydrogen (secondary N) is 2. The summed E-state index contributed by atoms with van der Waals surface area (Å²) in [6.07, 6.45) is 1.38. The second-order valence-corrected chi connectivity index (χ2v) is 6.71. The molecule has 0 aliphatic carbocycles. The molecule has 0 aromatic heterocycles. The van der Waals surface area contributed by atoms with Gasteiger partial charge < -0.3 is 19.5 Å². The van der Waals surface area contributed by atoms with Gasteiger partial charge in [-0.25, -0.2) is 5.43 Å². The summed E-state index contributed by atoms with van der Waals surface area (Å²) in [7, 11) is 3.00. The molecule has 10 heteroatoms. The molecule has 0 saturated heterocycles. The van der Waals surface area contributed by atoms with Gasteiger partial charge in [-0.3, -0.25) is 9.59 Å². The molecule has 0 unspecified atom stereocenters. The standard InChI is InChI=1S/C20H21Cl2N3O5/c1-28-8-7-23-19(26)20(27)25-24-11-13-4-6-17(18(10-13)29-2)30-12-14-3-5-15(21)16(22)9-14/h3-6,9-11H,7-8,12H2,1-2H3,(H,23,26)(H,25,27)/b24-11-. The van der Waals surface area contributed by atoms with Crippen LogP contribution in [-0.2, 0) is 20.9 Å². The molecule has 0 bridgehead atoms. The maximum atomic E-state index is 11.6. The lowest BCUT2D eigenvalue weighted by atomic mass is 10.2. The highest BCUT2D eigenvalue weighted by Gasteiger charge is 2.11. The van der Waals surface area contributed by atoms with Crippen LogP contribution in [0.15, 0.2) is 41.5 Å². The Hall–Kier alpha value is -2.81. The normalized spacial score (nSPS) is 10.7. The van der Waals surface area contributed by atoms with Gasteiger partial charge in [-0.1, -0.05) is 29.3 Å². The fraction of sp³-hybridized carbons (Fsp3) is 0.250. The van der Waals surface area contributed by atoms with Crippen molar-refractivity contribution in [1.29, 1.82) is 0 Å². The van der Waals surface area contributed by atoms with E-state index in [9.17, 15) is 9.59 Å². The minimum absolute atomic E-state index is 0.230. The summed E-state index contributed by atoms with van der Waals surface area (Å²) in [5, 5.41) is 7.08. The van der Waals surface area contributed by atoms with Crippen LogP contribution in [-0.4, -0.2) is 45.4 Å². The summed E-state index contributed by atoms with van der Waals surface area (Å²) >= 11 is 11.9. The number of ether oxygens (including phenoxy) is 3. The Labute approximate surface area is 184 Å². The average molecular weight is 454 g/mol. The Bertz CT molecular complexity index is 921. The Balaban J connectivity index is 1.94. The van der Waals surface area contributed by atoms with Crippen LogP contribution in [0.4, 0.5) is 0 Å². The van der Waals surface area contributed by atoms with Gasteiger partial charge in [-0.15, -0.1) is 0 Å². The van der Waals surface area contributed by atoms with Crippen molar-refractivity contribution < 1.29 is 23.8 Å². The number of carbonyl (C=O) groups excluding carboxylic acids is 2. The van der Waals surface area contributed by atoms with Gasteiger partial charge in [-0.05, 0) is 41.5 Å². The summed E-state index contributed by atoms with van der Waals surface area (Å²) in [6, 6.07) is 10.4. The van der Waals surface area contributed by atoms with E-state index < -0.39 is 11.8 Å². The number of methoxy groups -OCH3 is 2. The lowest BCUT2D eigenvalue weighted by Gasteiger charge is -2.11. The number of amides is 2. The van der Waals surface area contributed by atoms with E-state index in [1.54, 1.807) is 30.3 Å². The lowest BCUT2D eigenvalue weighted by Crippen LogP contribution is -2.39. The third-order valence-corrected chi connectivity index (χ3v) is 4.48. The molecule has 0 saturated carbocycles. The van der Waals surface area contributed by atoms with Gasteiger partial charge in [-0.2, -0.15) is 5.10 Å². The van der Waals surface area contributed by atoms with Crippen molar-refractivity contribution in [2.24, 2.45) is 5.10 Å². The molecule has 0 aliphatic heterocycles. The number of halogens is 2. The maximum absolute atomic E-state index is 11.6. The van der Waals surface area contributed by atoms with Gasteiger partial charge in [0.2, 0.25) is 0 Å². The molecule has 2 amide bonds. The van der Waals surface area contributed by atoms with E-state index in [2.05, 4.69) is 15.8 Å². The molecule has 0 radical (unpaired) electrons. The van der Waals surface area contributed by atoms with Crippen molar-refractivity contribution in [3.8, 4) is 11.5 Å². The number of rotatable bonds is 9. The van der Waals surface area contributed by atoms with Crippen LogP contribution in [0, 0.1) is 0 Å². The minimum Gasteiger partial charge on any atom is -0.493 e. The summed E-state index contributed by atoms with van der Waals surface area (Å²) < 4.78 is 15.9. The van der Waals surface area contributed by atoms with E-state index in [0.717, 1.165) is 5.56 Å². The monoisotopic (exact) mass is 453 g/mol. The molecule has 30 heavy (non-hydrogen) atoms. The second kappa shape index (κ2) is 12.0. The molecular formula is C20H21Cl2N3O5. The molecule has 0 spiro atoms. The third kappa shape index (κ3) is 7.22. The van der Waals surface area contributed by atoms with Crippen molar-refractivity contribution in [2.45, 2.75) is 6.61 Å². The first-order chi connectivity index (χ1) is 14.4. The summed E-state index contributed by atoms with van der Waals surface area (Å²) in [5.41, 5.74) is 3.63. The molecule has 0 aliphatic rings. The molecular weight excluding hydrogens is 433 g/mol. The van der Waals surface area contributed by atoms with Crippen LogP contribution >= 0.6 is 23.2 Å². The number of benzene rings is 2. The van der Waals surface area contributed by atoms with Crippen LogP contribution in [0.1, 0.15) is 11.1 Å². The molecule has 0 fully saturated rings. The Morgan fingerprint density at radius 3 is 2.53 bits per heavy atom. The number of hydrogen-bond donors (Lipinski definition) is 2. The average Bonchev–Trinajstić information content (AvgIpc) is 2.74. The Kier molecular flexibility index (Phi) is 9.40. The maximum Gasteiger partial charge on any atom is 0.329 e. The Morgan fingerprint density at radius 1 is 1.03 bits per heavy atom. The first-order valence-corrected chi connectivity index (χ1v) is 9.55. The zero-order valence-electron chi connectivity index (χ0n) is 16.4. The quantitative estimate of drug-likeness (QED) is 0.263.